The molecule has 1 heterocycles. The second-order valence-electron chi connectivity index (χ2n) is 7.72. The fourth-order valence-electron chi connectivity index (χ4n) is 4.86. The molecule has 3 nitrogen and oxygen atoms in total. The number of fused-ring (bicyclic) bond motifs is 1. The van der Waals surface area contributed by atoms with E-state index in [1.165, 1.54) is 44.9 Å². The van der Waals surface area contributed by atoms with Crippen molar-refractivity contribution in [2.45, 2.75) is 76.5 Å². The van der Waals surface area contributed by atoms with Gasteiger partial charge in [0.15, 0.2) is 0 Å². The molecule has 3 fully saturated rings. The molecule has 0 aromatic rings. The lowest BCUT2D eigenvalue weighted by molar-refractivity contribution is -0.125. The van der Waals surface area contributed by atoms with Gasteiger partial charge in [-0.05, 0) is 37.5 Å². The summed E-state index contributed by atoms with van der Waals surface area (Å²) in [5, 5.41) is 0. The number of hydrogen-bond donors (Lipinski definition) is 1. The van der Waals surface area contributed by atoms with Crippen LogP contribution in [0.4, 0.5) is 0 Å². The fourth-order valence-corrected chi connectivity index (χ4v) is 4.86. The summed E-state index contributed by atoms with van der Waals surface area (Å²) in [6.07, 6.45) is 9.62. The number of ether oxygens (including phenoxy) is 1. The summed E-state index contributed by atoms with van der Waals surface area (Å²) in [6.45, 7) is 7.63. The summed E-state index contributed by atoms with van der Waals surface area (Å²) in [5.41, 5.74) is 6.98. The van der Waals surface area contributed by atoms with E-state index in [-0.39, 0.29) is 5.54 Å². The highest BCUT2D eigenvalue weighted by Crippen LogP contribution is 2.48. The fraction of sp³-hybridized carbons (Fsp3) is 1.00. The standard InChI is InChI=1S/C16H30N2O/c1-15(2)7-8-16(11-15,12-17)18-9-10-19-14-6-4-3-5-13(14)18/h13-14H,3-12,17H2,1-2H3. The highest BCUT2D eigenvalue weighted by atomic mass is 16.5. The number of rotatable bonds is 2. The molecule has 3 aliphatic rings. The molecule has 110 valence electrons. The molecule has 1 saturated heterocycles. The van der Waals surface area contributed by atoms with Crippen molar-refractivity contribution in [3.8, 4) is 0 Å². The van der Waals surface area contributed by atoms with Gasteiger partial charge in [0.1, 0.15) is 0 Å². The van der Waals surface area contributed by atoms with Crippen LogP contribution in [0, 0.1) is 5.41 Å². The van der Waals surface area contributed by atoms with Crippen molar-refractivity contribution in [1.82, 2.24) is 4.90 Å². The van der Waals surface area contributed by atoms with Gasteiger partial charge in [-0.2, -0.15) is 0 Å². The Morgan fingerprint density at radius 2 is 2.00 bits per heavy atom. The van der Waals surface area contributed by atoms with Crippen LogP contribution in [0.5, 0.6) is 0 Å². The zero-order valence-corrected chi connectivity index (χ0v) is 12.7. The largest absolute Gasteiger partial charge is 0.375 e. The molecule has 0 bridgehead atoms. The molecule has 0 aromatic carbocycles. The Balaban J connectivity index is 1.82. The van der Waals surface area contributed by atoms with Gasteiger partial charge in [-0.25, -0.2) is 0 Å². The van der Waals surface area contributed by atoms with Crippen molar-refractivity contribution in [3.05, 3.63) is 0 Å². The molecule has 0 radical (unpaired) electrons. The van der Waals surface area contributed by atoms with Crippen molar-refractivity contribution >= 4 is 0 Å². The van der Waals surface area contributed by atoms with Gasteiger partial charge in [-0.3, -0.25) is 4.90 Å². The number of morpholine rings is 1. The third kappa shape index (κ3) is 2.45. The highest BCUT2D eigenvalue weighted by Gasteiger charge is 2.50. The van der Waals surface area contributed by atoms with Gasteiger partial charge in [-0.1, -0.05) is 26.7 Å². The van der Waals surface area contributed by atoms with Gasteiger partial charge < -0.3 is 10.5 Å². The molecule has 3 heteroatoms. The number of nitrogens with two attached hydrogens (primary N) is 1. The van der Waals surface area contributed by atoms with E-state index in [0.717, 1.165) is 19.7 Å². The van der Waals surface area contributed by atoms with Gasteiger partial charge in [-0.15, -0.1) is 0 Å². The van der Waals surface area contributed by atoms with Crippen LogP contribution in [0.2, 0.25) is 0 Å². The summed E-state index contributed by atoms with van der Waals surface area (Å²) in [6, 6.07) is 0.639. The predicted molar refractivity (Wildman–Crippen MR) is 78.1 cm³/mol. The van der Waals surface area contributed by atoms with E-state index in [2.05, 4.69) is 18.7 Å². The van der Waals surface area contributed by atoms with Gasteiger partial charge in [0.25, 0.3) is 0 Å². The van der Waals surface area contributed by atoms with Crippen LogP contribution in [-0.4, -0.2) is 42.3 Å². The maximum atomic E-state index is 6.26. The maximum Gasteiger partial charge on any atom is 0.0731 e. The number of nitrogens with zero attached hydrogens (tertiary/aromatic N) is 1. The van der Waals surface area contributed by atoms with E-state index in [0.29, 0.717) is 17.6 Å². The summed E-state index contributed by atoms with van der Waals surface area (Å²) in [7, 11) is 0. The van der Waals surface area contributed by atoms with E-state index in [1.807, 2.05) is 0 Å². The van der Waals surface area contributed by atoms with Crippen LogP contribution in [0.15, 0.2) is 0 Å². The van der Waals surface area contributed by atoms with Gasteiger partial charge in [0, 0.05) is 24.7 Å². The third-order valence-corrected chi connectivity index (χ3v) is 5.80. The molecule has 0 amide bonds. The predicted octanol–water partition coefficient (Wildman–Crippen LogP) is 2.54. The summed E-state index contributed by atoms with van der Waals surface area (Å²) < 4.78 is 6.03. The first-order chi connectivity index (χ1) is 9.06. The second-order valence-corrected chi connectivity index (χ2v) is 7.72. The SMILES string of the molecule is CC1(C)CCC(CN)(N2CCOC3CCCCC32)C1. The Kier molecular flexibility index (Phi) is 3.65. The topological polar surface area (TPSA) is 38.5 Å². The van der Waals surface area contributed by atoms with Crippen LogP contribution in [-0.2, 0) is 4.74 Å². The Hall–Kier alpha value is -0.120. The van der Waals surface area contributed by atoms with E-state index in [1.54, 1.807) is 0 Å². The van der Waals surface area contributed by atoms with Crippen LogP contribution in [0.3, 0.4) is 0 Å². The van der Waals surface area contributed by atoms with Crippen molar-refractivity contribution in [3.63, 3.8) is 0 Å². The molecule has 3 atom stereocenters. The molecule has 2 saturated carbocycles. The van der Waals surface area contributed by atoms with Crippen molar-refractivity contribution < 1.29 is 4.74 Å². The molecule has 2 N–H and O–H groups in total. The smallest absolute Gasteiger partial charge is 0.0731 e. The molecular weight excluding hydrogens is 236 g/mol. The molecule has 0 spiro atoms. The summed E-state index contributed by atoms with van der Waals surface area (Å²) >= 11 is 0. The minimum Gasteiger partial charge on any atom is -0.375 e. The normalized spacial score (nSPS) is 43.1. The maximum absolute atomic E-state index is 6.26. The molecular formula is C16H30N2O. The third-order valence-electron chi connectivity index (χ3n) is 5.80. The summed E-state index contributed by atoms with van der Waals surface area (Å²) in [4.78, 5) is 2.77. The average Bonchev–Trinajstić information content (AvgIpc) is 2.75. The highest BCUT2D eigenvalue weighted by molar-refractivity contribution is 5.06. The minimum atomic E-state index is 0.257. The Morgan fingerprint density at radius 3 is 2.68 bits per heavy atom. The van der Waals surface area contributed by atoms with E-state index < -0.39 is 0 Å². The summed E-state index contributed by atoms with van der Waals surface area (Å²) in [5.74, 6) is 0. The Morgan fingerprint density at radius 1 is 1.21 bits per heavy atom. The van der Waals surface area contributed by atoms with Crippen molar-refractivity contribution in [2.75, 3.05) is 19.7 Å². The molecule has 2 aliphatic carbocycles. The zero-order chi connectivity index (χ0) is 13.5. The van der Waals surface area contributed by atoms with E-state index >= 15 is 0 Å². The van der Waals surface area contributed by atoms with Crippen molar-refractivity contribution in [2.24, 2.45) is 11.1 Å². The first-order valence-corrected chi connectivity index (χ1v) is 8.15. The van der Waals surface area contributed by atoms with Gasteiger partial charge in [0.2, 0.25) is 0 Å². The monoisotopic (exact) mass is 266 g/mol. The lowest BCUT2D eigenvalue weighted by Gasteiger charge is -2.52. The van der Waals surface area contributed by atoms with Crippen LogP contribution < -0.4 is 5.73 Å². The molecule has 1 aliphatic heterocycles. The number of hydrogen-bond acceptors (Lipinski definition) is 3. The lowest BCUT2D eigenvalue weighted by Crippen LogP contribution is -2.64. The molecule has 19 heavy (non-hydrogen) atoms. The van der Waals surface area contributed by atoms with Crippen molar-refractivity contribution in [1.29, 1.82) is 0 Å². The average molecular weight is 266 g/mol. The zero-order valence-electron chi connectivity index (χ0n) is 12.7. The Labute approximate surface area is 117 Å². The van der Waals surface area contributed by atoms with E-state index in [9.17, 15) is 0 Å². The molecule has 0 aromatic heterocycles. The van der Waals surface area contributed by atoms with Crippen LogP contribution >= 0.6 is 0 Å². The van der Waals surface area contributed by atoms with Gasteiger partial charge in [0.05, 0.1) is 12.7 Å². The lowest BCUT2D eigenvalue weighted by atomic mass is 9.82. The first-order valence-electron chi connectivity index (χ1n) is 8.15. The minimum absolute atomic E-state index is 0.257. The molecule has 3 unspecified atom stereocenters. The van der Waals surface area contributed by atoms with Crippen LogP contribution in [0.1, 0.15) is 58.8 Å². The second kappa shape index (κ2) is 5.01. The van der Waals surface area contributed by atoms with Gasteiger partial charge >= 0.3 is 0 Å². The Bertz CT molecular complexity index is 329. The quantitative estimate of drug-likeness (QED) is 0.835. The first kappa shape index (κ1) is 13.8. The molecule has 3 rings (SSSR count). The van der Waals surface area contributed by atoms with Crippen LogP contribution in [0.25, 0.3) is 0 Å². The van der Waals surface area contributed by atoms with E-state index in [4.69, 9.17) is 10.5 Å².